The van der Waals surface area contributed by atoms with Crippen molar-refractivity contribution in [2.45, 2.75) is 13.0 Å². The molecular formula is C20H21N3O4S. The van der Waals surface area contributed by atoms with E-state index in [1.165, 1.54) is 6.08 Å². The summed E-state index contributed by atoms with van der Waals surface area (Å²) in [4.78, 5) is 12.2. The highest BCUT2D eigenvalue weighted by molar-refractivity contribution is 7.92. The van der Waals surface area contributed by atoms with Crippen LogP contribution in [0.2, 0.25) is 0 Å². The Morgan fingerprint density at radius 3 is 2.61 bits per heavy atom. The summed E-state index contributed by atoms with van der Waals surface area (Å²) < 4.78 is 30.3. The van der Waals surface area contributed by atoms with Crippen LogP contribution < -0.4 is 14.8 Å². The maximum Gasteiger partial charge on any atom is 0.244 e. The van der Waals surface area contributed by atoms with Gasteiger partial charge in [0.05, 0.1) is 12.3 Å². The van der Waals surface area contributed by atoms with Crippen molar-refractivity contribution in [2.24, 2.45) is 0 Å². The third-order valence-electron chi connectivity index (χ3n) is 3.66. The van der Waals surface area contributed by atoms with Gasteiger partial charge in [-0.05, 0) is 48.4 Å². The van der Waals surface area contributed by atoms with E-state index in [2.05, 4.69) is 10.0 Å². The van der Waals surface area contributed by atoms with Crippen molar-refractivity contribution in [3.05, 3.63) is 65.7 Å². The van der Waals surface area contributed by atoms with Gasteiger partial charge in [0, 0.05) is 11.8 Å². The topological polar surface area (TPSA) is 108 Å². The van der Waals surface area contributed by atoms with Crippen molar-refractivity contribution in [1.29, 1.82) is 5.26 Å². The molecule has 2 aromatic carbocycles. The van der Waals surface area contributed by atoms with E-state index in [0.717, 1.165) is 17.4 Å². The Hall–Kier alpha value is -3.31. The van der Waals surface area contributed by atoms with Crippen molar-refractivity contribution >= 4 is 27.7 Å². The van der Waals surface area contributed by atoms with Gasteiger partial charge in [-0.1, -0.05) is 24.3 Å². The summed E-state index contributed by atoms with van der Waals surface area (Å²) in [6, 6.07) is 15.4. The van der Waals surface area contributed by atoms with Crippen LogP contribution in [0.1, 0.15) is 24.1 Å². The second-order valence-electron chi connectivity index (χ2n) is 6.08. The number of carbonyl (C=O) groups excluding carboxylic acids is 1. The molecule has 0 heterocycles. The van der Waals surface area contributed by atoms with Gasteiger partial charge in [0.15, 0.2) is 6.61 Å². The zero-order valence-electron chi connectivity index (χ0n) is 15.5. The quantitative estimate of drug-likeness (QED) is 0.664. The van der Waals surface area contributed by atoms with Crippen molar-refractivity contribution in [3.8, 4) is 11.8 Å². The first-order valence-electron chi connectivity index (χ1n) is 8.43. The van der Waals surface area contributed by atoms with Crippen LogP contribution in [0, 0.1) is 11.3 Å². The second-order valence-corrected chi connectivity index (χ2v) is 7.83. The fourth-order valence-corrected chi connectivity index (χ4v) is 2.95. The van der Waals surface area contributed by atoms with Gasteiger partial charge in [-0.2, -0.15) is 5.26 Å². The smallest absolute Gasteiger partial charge is 0.244 e. The highest BCUT2D eigenvalue weighted by Crippen LogP contribution is 2.18. The van der Waals surface area contributed by atoms with Gasteiger partial charge in [0.25, 0.3) is 0 Å². The molecular weight excluding hydrogens is 378 g/mol. The van der Waals surface area contributed by atoms with Crippen LogP contribution in [0.5, 0.6) is 5.75 Å². The minimum absolute atomic E-state index is 0.0175. The predicted octanol–water partition coefficient (Wildman–Crippen LogP) is 2.85. The number of anilines is 1. The number of carbonyl (C=O) groups is 1. The van der Waals surface area contributed by atoms with Gasteiger partial charge in [-0.25, -0.2) is 8.42 Å². The van der Waals surface area contributed by atoms with Crippen molar-refractivity contribution in [2.75, 3.05) is 17.6 Å². The van der Waals surface area contributed by atoms with Crippen LogP contribution in [0.3, 0.4) is 0 Å². The van der Waals surface area contributed by atoms with Crippen LogP contribution in [0.15, 0.2) is 54.6 Å². The standard InChI is InChI=1S/C20H21N3O4S/c1-15(17-4-3-5-18(14-17)23-28(2,25)26)22-20(24)11-8-16-6-9-19(10-7-16)27-13-12-21/h3-11,14-15,23H,13H2,1-2H3,(H,22,24). The minimum atomic E-state index is -3.36. The number of nitrogens with zero attached hydrogens (tertiary/aromatic N) is 1. The second kappa shape index (κ2) is 9.58. The maximum absolute atomic E-state index is 12.2. The normalized spacial score (nSPS) is 12.2. The number of ether oxygens (including phenoxy) is 1. The molecule has 0 aliphatic carbocycles. The number of hydrogen-bond donors (Lipinski definition) is 2. The Balaban J connectivity index is 1.96. The van der Waals surface area contributed by atoms with E-state index in [4.69, 9.17) is 10.00 Å². The van der Waals surface area contributed by atoms with Crippen LogP contribution in [0.25, 0.3) is 6.08 Å². The molecule has 2 aromatic rings. The summed E-state index contributed by atoms with van der Waals surface area (Å²) >= 11 is 0. The van der Waals surface area contributed by atoms with E-state index in [-0.39, 0.29) is 18.6 Å². The van der Waals surface area contributed by atoms with Crippen LogP contribution in [-0.4, -0.2) is 27.2 Å². The Bertz CT molecular complexity index is 993. The number of nitrogens with one attached hydrogen (secondary N) is 2. The van der Waals surface area contributed by atoms with Gasteiger partial charge in [-0.3, -0.25) is 9.52 Å². The molecule has 0 saturated carbocycles. The lowest BCUT2D eigenvalue weighted by atomic mass is 10.1. The number of sulfonamides is 1. The number of hydrogen-bond acceptors (Lipinski definition) is 5. The molecule has 8 heteroatoms. The number of rotatable bonds is 8. The molecule has 0 radical (unpaired) electrons. The predicted molar refractivity (Wildman–Crippen MR) is 108 cm³/mol. The summed E-state index contributed by atoms with van der Waals surface area (Å²) in [5.74, 6) is 0.304. The highest BCUT2D eigenvalue weighted by Gasteiger charge is 2.09. The van der Waals surface area contributed by atoms with E-state index < -0.39 is 10.0 Å². The van der Waals surface area contributed by atoms with E-state index in [9.17, 15) is 13.2 Å². The Kier molecular flexibility index (Phi) is 7.18. The Morgan fingerprint density at radius 1 is 1.25 bits per heavy atom. The molecule has 0 bridgehead atoms. The van der Waals surface area contributed by atoms with Gasteiger partial charge in [-0.15, -0.1) is 0 Å². The largest absolute Gasteiger partial charge is 0.479 e. The molecule has 0 saturated heterocycles. The van der Waals surface area contributed by atoms with Gasteiger partial charge >= 0.3 is 0 Å². The molecule has 28 heavy (non-hydrogen) atoms. The van der Waals surface area contributed by atoms with Gasteiger partial charge < -0.3 is 10.1 Å². The molecule has 2 rings (SSSR count). The molecule has 0 aliphatic heterocycles. The van der Waals surface area contributed by atoms with E-state index >= 15 is 0 Å². The molecule has 2 N–H and O–H groups in total. The molecule has 7 nitrogen and oxygen atoms in total. The molecule has 1 atom stereocenters. The molecule has 0 aromatic heterocycles. The molecule has 0 aliphatic rings. The zero-order chi connectivity index (χ0) is 20.6. The van der Waals surface area contributed by atoms with Crippen LogP contribution in [0.4, 0.5) is 5.69 Å². The molecule has 1 unspecified atom stereocenters. The van der Waals surface area contributed by atoms with Crippen LogP contribution >= 0.6 is 0 Å². The highest BCUT2D eigenvalue weighted by atomic mass is 32.2. The lowest BCUT2D eigenvalue weighted by molar-refractivity contribution is -0.117. The lowest BCUT2D eigenvalue weighted by Gasteiger charge is -2.14. The summed E-state index contributed by atoms with van der Waals surface area (Å²) in [6.45, 7) is 1.79. The Morgan fingerprint density at radius 2 is 1.96 bits per heavy atom. The molecule has 1 amide bonds. The summed E-state index contributed by atoms with van der Waals surface area (Å²) in [5.41, 5.74) is 2.02. The van der Waals surface area contributed by atoms with Gasteiger partial charge in [0.1, 0.15) is 11.8 Å². The lowest BCUT2D eigenvalue weighted by Crippen LogP contribution is -2.24. The fourth-order valence-electron chi connectivity index (χ4n) is 2.39. The van der Waals surface area contributed by atoms with E-state index in [1.54, 1.807) is 48.5 Å². The Labute approximate surface area is 164 Å². The monoisotopic (exact) mass is 399 g/mol. The third kappa shape index (κ3) is 7.13. The first-order chi connectivity index (χ1) is 13.3. The number of amides is 1. The number of nitriles is 1. The average molecular weight is 399 g/mol. The molecule has 146 valence electrons. The summed E-state index contributed by atoms with van der Waals surface area (Å²) in [5, 5.41) is 11.3. The number of benzene rings is 2. The first kappa shape index (κ1) is 21.0. The van der Waals surface area contributed by atoms with Crippen molar-refractivity contribution < 1.29 is 17.9 Å². The molecule has 0 spiro atoms. The van der Waals surface area contributed by atoms with Crippen molar-refractivity contribution in [3.63, 3.8) is 0 Å². The third-order valence-corrected chi connectivity index (χ3v) is 4.27. The fraction of sp³-hybridized carbons (Fsp3) is 0.200. The summed E-state index contributed by atoms with van der Waals surface area (Å²) in [6.07, 6.45) is 4.16. The minimum Gasteiger partial charge on any atom is -0.479 e. The molecule has 0 fully saturated rings. The van der Waals surface area contributed by atoms with Crippen molar-refractivity contribution in [1.82, 2.24) is 5.32 Å². The summed E-state index contributed by atoms with van der Waals surface area (Å²) in [7, 11) is -3.36. The zero-order valence-corrected chi connectivity index (χ0v) is 16.4. The first-order valence-corrected chi connectivity index (χ1v) is 10.3. The SMILES string of the molecule is CC(NC(=O)C=Cc1ccc(OCC#N)cc1)c1cccc(NS(C)(=O)=O)c1. The van der Waals surface area contributed by atoms with Crippen LogP contribution in [-0.2, 0) is 14.8 Å². The average Bonchev–Trinajstić information content (AvgIpc) is 2.64. The maximum atomic E-state index is 12.2. The van der Waals surface area contributed by atoms with E-state index in [0.29, 0.717) is 11.4 Å². The van der Waals surface area contributed by atoms with Gasteiger partial charge in [0.2, 0.25) is 15.9 Å². The van der Waals surface area contributed by atoms with E-state index in [1.807, 2.05) is 19.1 Å².